The van der Waals surface area contributed by atoms with Crippen LogP contribution >= 0.6 is 0 Å². The number of anilines is 2. The summed E-state index contributed by atoms with van der Waals surface area (Å²) in [4.78, 5) is 31.1. The zero-order valence-corrected chi connectivity index (χ0v) is 16.6. The maximum atomic E-state index is 12.7. The molecule has 154 valence electrons. The average molecular weight is 407 g/mol. The Hall–Kier alpha value is -3.88. The summed E-state index contributed by atoms with van der Waals surface area (Å²) in [6.07, 6.45) is 0.105. The van der Waals surface area contributed by atoms with Crippen molar-refractivity contribution in [2.75, 3.05) is 31.0 Å². The Morgan fingerprint density at radius 1 is 1.10 bits per heavy atom. The van der Waals surface area contributed by atoms with Crippen LogP contribution in [0.2, 0.25) is 0 Å². The molecule has 1 unspecified atom stereocenters. The van der Waals surface area contributed by atoms with E-state index in [1.54, 1.807) is 31.3 Å². The van der Waals surface area contributed by atoms with E-state index in [1.807, 2.05) is 36.4 Å². The van der Waals surface area contributed by atoms with E-state index < -0.39 is 5.92 Å². The van der Waals surface area contributed by atoms with Gasteiger partial charge < -0.3 is 14.4 Å². The van der Waals surface area contributed by atoms with Crippen LogP contribution in [0.4, 0.5) is 11.6 Å². The molecule has 0 bridgehead atoms. The second-order valence-electron chi connectivity index (χ2n) is 6.77. The monoisotopic (exact) mass is 407 g/mol. The molecule has 0 aliphatic carbocycles. The fourth-order valence-corrected chi connectivity index (χ4v) is 3.46. The number of amides is 2. The summed E-state index contributed by atoms with van der Waals surface area (Å²) in [6.45, 7) is 0.259. The molecule has 4 rings (SSSR count). The third kappa shape index (κ3) is 3.69. The van der Waals surface area contributed by atoms with Gasteiger partial charge in [0.05, 0.1) is 31.4 Å². The Morgan fingerprint density at radius 3 is 2.57 bits per heavy atom. The highest BCUT2D eigenvalue weighted by Crippen LogP contribution is 2.33. The van der Waals surface area contributed by atoms with Gasteiger partial charge in [-0.05, 0) is 24.3 Å². The molecule has 2 N–H and O–H groups in total. The molecule has 9 nitrogen and oxygen atoms in total. The van der Waals surface area contributed by atoms with Gasteiger partial charge in [0.2, 0.25) is 17.8 Å². The average Bonchev–Trinajstić information content (AvgIpc) is 3.40. The van der Waals surface area contributed by atoms with Crippen molar-refractivity contribution in [3.63, 3.8) is 0 Å². The van der Waals surface area contributed by atoms with E-state index in [4.69, 9.17) is 9.47 Å². The lowest BCUT2D eigenvalue weighted by molar-refractivity contribution is -0.122. The number of hydrogen-bond donors (Lipinski definition) is 2. The zero-order chi connectivity index (χ0) is 21.1. The summed E-state index contributed by atoms with van der Waals surface area (Å²) in [6, 6.07) is 14.6. The third-order valence-corrected chi connectivity index (χ3v) is 4.95. The number of benzene rings is 2. The van der Waals surface area contributed by atoms with Crippen molar-refractivity contribution in [1.82, 2.24) is 15.2 Å². The standard InChI is InChI=1S/C21H21N5O4/c1-29-16-9-5-3-7-14(16)19-22-21(25-24-19)23-20(28)13-11-18(27)26(12-13)15-8-4-6-10-17(15)30-2/h3-10,13H,11-12H2,1-2H3,(H2,22,23,24,25,28). The van der Waals surface area contributed by atoms with Gasteiger partial charge in [-0.15, -0.1) is 5.10 Å². The molecule has 0 spiro atoms. The normalized spacial score (nSPS) is 15.9. The molecule has 0 saturated carbocycles. The number of rotatable bonds is 6. The van der Waals surface area contributed by atoms with Crippen molar-refractivity contribution in [3.05, 3.63) is 48.5 Å². The van der Waals surface area contributed by atoms with Gasteiger partial charge in [0.15, 0.2) is 5.82 Å². The Kier molecular flexibility index (Phi) is 5.34. The number of methoxy groups -OCH3 is 2. The largest absolute Gasteiger partial charge is 0.496 e. The molecule has 2 aromatic carbocycles. The van der Waals surface area contributed by atoms with Crippen LogP contribution in [-0.2, 0) is 9.59 Å². The number of nitrogens with one attached hydrogen (secondary N) is 2. The lowest BCUT2D eigenvalue weighted by Crippen LogP contribution is -2.28. The van der Waals surface area contributed by atoms with Crippen molar-refractivity contribution in [3.8, 4) is 22.9 Å². The van der Waals surface area contributed by atoms with E-state index in [0.29, 0.717) is 23.0 Å². The van der Waals surface area contributed by atoms with Crippen LogP contribution in [0.25, 0.3) is 11.4 Å². The number of para-hydroxylation sites is 3. The Labute approximate surface area is 173 Å². The molecule has 1 aliphatic rings. The topological polar surface area (TPSA) is 109 Å². The van der Waals surface area contributed by atoms with Crippen LogP contribution in [0.1, 0.15) is 6.42 Å². The highest BCUT2D eigenvalue weighted by Gasteiger charge is 2.36. The minimum Gasteiger partial charge on any atom is -0.496 e. The molecule has 1 saturated heterocycles. The molecule has 2 heterocycles. The third-order valence-electron chi connectivity index (χ3n) is 4.95. The lowest BCUT2D eigenvalue weighted by atomic mass is 10.1. The first-order valence-corrected chi connectivity index (χ1v) is 9.40. The molecule has 1 fully saturated rings. The fraction of sp³-hybridized carbons (Fsp3) is 0.238. The van der Waals surface area contributed by atoms with Crippen molar-refractivity contribution < 1.29 is 19.1 Å². The van der Waals surface area contributed by atoms with Crippen LogP contribution < -0.4 is 19.7 Å². The van der Waals surface area contributed by atoms with Crippen LogP contribution in [0.15, 0.2) is 48.5 Å². The summed E-state index contributed by atoms with van der Waals surface area (Å²) < 4.78 is 10.7. The molecule has 2 amide bonds. The van der Waals surface area contributed by atoms with Gasteiger partial charge in [0, 0.05) is 13.0 Å². The smallest absolute Gasteiger partial charge is 0.249 e. The van der Waals surface area contributed by atoms with E-state index in [1.165, 1.54) is 0 Å². The number of aromatic nitrogens is 3. The Balaban J connectivity index is 1.46. The van der Waals surface area contributed by atoms with Gasteiger partial charge in [0.25, 0.3) is 0 Å². The molecule has 1 aliphatic heterocycles. The maximum absolute atomic E-state index is 12.7. The van der Waals surface area contributed by atoms with Crippen LogP contribution in [-0.4, -0.2) is 47.8 Å². The van der Waals surface area contributed by atoms with Crippen molar-refractivity contribution in [2.24, 2.45) is 5.92 Å². The SMILES string of the molecule is COc1ccccc1-c1nc(NC(=O)C2CC(=O)N(c3ccccc3OC)C2)n[nH]1. The second kappa shape index (κ2) is 8.24. The first-order valence-electron chi connectivity index (χ1n) is 9.40. The van der Waals surface area contributed by atoms with E-state index in [-0.39, 0.29) is 30.7 Å². The number of nitrogens with zero attached hydrogens (tertiary/aromatic N) is 3. The summed E-state index contributed by atoms with van der Waals surface area (Å²) in [5, 5.41) is 9.55. The molecular formula is C21H21N5O4. The van der Waals surface area contributed by atoms with Crippen molar-refractivity contribution in [1.29, 1.82) is 0 Å². The first-order chi connectivity index (χ1) is 14.6. The molecule has 3 aromatic rings. The maximum Gasteiger partial charge on any atom is 0.249 e. The quantitative estimate of drug-likeness (QED) is 0.650. The van der Waals surface area contributed by atoms with Gasteiger partial charge >= 0.3 is 0 Å². The highest BCUT2D eigenvalue weighted by atomic mass is 16.5. The van der Waals surface area contributed by atoms with E-state index in [0.717, 1.165) is 5.56 Å². The summed E-state index contributed by atoms with van der Waals surface area (Å²) in [5.74, 6) is 0.874. The minimum atomic E-state index is -0.518. The molecule has 30 heavy (non-hydrogen) atoms. The molecule has 0 radical (unpaired) electrons. The van der Waals surface area contributed by atoms with Gasteiger partial charge in [-0.3, -0.25) is 20.0 Å². The van der Waals surface area contributed by atoms with Gasteiger partial charge in [0.1, 0.15) is 11.5 Å². The van der Waals surface area contributed by atoms with Crippen LogP contribution in [0.3, 0.4) is 0 Å². The first kappa shape index (κ1) is 19.4. The van der Waals surface area contributed by atoms with Crippen molar-refractivity contribution in [2.45, 2.75) is 6.42 Å². The second-order valence-corrected chi connectivity index (χ2v) is 6.77. The van der Waals surface area contributed by atoms with Gasteiger partial charge in [-0.1, -0.05) is 24.3 Å². The van der Waals surface area contributed by atoms with Gasteiger partial charge in [-0.2, -0.15) is 4.98 Å². The number of ether oxygens (including phenoxy) is 2. The van der Waals surface area contributed by atoms with Crippen LogP contribution in [0.5, 0.6) is 11.5 Å². The minimum absolute atomic E-state index is 0.105. The van der Waals surface area contributed by atoms with Crippen molar-refractivity contribution >= 4 is 23.5 Å². The predicted molar refractivity (Wildman–Crippen MR) is 110 cm³/mol. The van der Waals surface area contributed by atoms with Crippen LogP contribution in [0, 0.1) is 5.92 Å². The Bertz CT molecular complexity index is 1080. The van der Waals surface area contributed by atoms with E-state index in [9.17, 15) is 9.59 Å². The summed E-state index contributed by atoms with van der Waals surface area (Å²) in [5.41, 5.74) is 1.38. The molecule has 1 aromatic heterocycles. The van der Waals surface area contributed by atoms with Gasteiger partial charge in [-0.25, -0.2) is 0 Å². The number of carbonyl (C=O) groups is 2. The summed E-state index contributed by atoms with van der Waals surface area (Å²) >= 11 is 0. The van der Waals surface area contributed by atoms with E-state index in [2.05, 4.69) is 20.5 Å². The zero-order valence-electron chi connectivity index (χ0n) is 16.6. The molecule has 9 heteroatoms. The number of aromatic amines is 1. The Morgan fingerprint density at radius 2 is 1.80 bits per heavy atom. The number of H-pyrrole nitrogens is 1. The highest BCUT2D eigenvalue weighted by molar-refractivity contribution is 6.03. The summed E-state index contributed by atoms with van der Waals surface area (Å²) in [7, 11) is 3.12. The number of hydrogen-bond acceptors (Lipinski definition) is 6. The molecular weight excluding hydrogens is 386 g/mol. The predicted octanol–water partition coefficient (Wildman–Crippen LogP) is 2.48. The molecule has 1 atom stereocenters. The number of carbonyl (C=O) groups excluding carboxylic acids is 2. The lowest BCUT2D eigenvalue weighted by Gasteiger charge is -2.19. The fourth-order valence-electron chi connectivity index (χ4n) is 3.46. The van der Waals surface area contributed by atoms with E-state index >= 15 is 0 Å².